The van der Waals surface area contributed by atoms with Crippen molar-refractivity contribution in [2.24, 2.45) is 0 Å². The molecule has 0 saturated carbocycles. The van der Waals surface area contributed by atoms with Gasteiger partial charge in [0.1, 0.15) is 5.15 Å². The van der Waals surface area contributed by atoms with E-state index in [0.717, 1.165) is 11.1 Å². The molecule has 3 rings (SSSR count). The molecular weight excluding hydrogens is 298 g/mol. The number of carbonyl (C=O) groups excluding carboxylic acids is 1. The zero-order valence-electron chi connectivity index (χ0n) is 12.0. The predicted molar refractivity (Wildman–Crippen MR) is 86.9 cm³/mol. The van der Waals surface area contributed by atoms with Crippen LogP contribution >= 0.6 is 11.6 Å². The lowest BCUT2D eigenvalue weighted by Crippen LogP contribution is -2.27. The molecule has 0 radical (unpaired) electrons. The van der Waals surface area contributed by atoms with E-state index in [9.17, 15) is 4.79 Å². The number of para-hydroxylation sites is 1. The molecule has 0 spiro atoms. The third kappa shape index (κ3) is 2.92. The molecule has 0 aliphatic heterocycles. The number of hydrogen-bond donors (Lipinski definition) is 1. The number of pyridine rings is 2. The molecule has 5 heteroatoms. The zero-order valence-corrected chi connectivity index (χ0v) is 12.7. The maximum atomic E-state index is 12.6. The van der Waals surface area contributed by atoms with Crippen LogP contribution in [0.1, 0.15) is 29.0 Å². The topological polar surface area (TPSA) is 54.9 Å². The highest BCUT2D eigenvalue weighted by Crippen LogP contribution is 2.21. The quantitative estimate of drug-likeness (QED) is 0.749. The molecular formula is C17H14ClN3O. The second-order valence-corrected chi connectivity index (χ2v) is 5.35. The zero-order chi connectivity index (χ0) is 15.5. The molecule has 110 valence electrons. The summed E-state index contributed by atoms with van der Waals surface area (Å²) < 4.78 is 0. The number of nitrogens with zero attached hydrogens (tertiary/aromatic N) is 2. The van der Waals surface area contributed by atoms with E-state index in [4.69, 9.17) is 11.6 Å². The van der Waals surface area contributed by atoms with Crippen molar-refractivity contribution in [2.75, 3.05) is 0 Å². The number of nitrogens with one attached hydrogen (secondary N) is 1. The molecule has 0 aliphatic rings. The number of amides is 1. The summed E-state index contributed by atoms with van der Waals surface area (Å²) in [7, 11) is 0. The van der Waals surface area contributed by atoms with Gasteiger partial charge in [-0.25, -0.2) is 4.98 Å². The maximum Gasteiger partial charge on any atom is 0.252 e. The van der Waals surface area contributed by atoms with Crippen LogP contribution in [0.15, 0.2) is 54.7 Å². The first-order valence-corrected chi connectivity index (χ1v) is 7.30. The monoisotopic (exact) mass is 311 g/mol. The third-order valence-corrected chi connectivity index (χ3v) is 3.60. The summed E-state index contributed by atoms with van der Waals surface area (Å²) in [5.41, 5.74) is 2.02. The first-order chi connectivity index (χ1) is 10.6. The lowest BCUT2D eigenvalue weighted by atomic mass is 10.1. The van der Waals surface area contributed by atoms with Crippen molar-refractivity contribution in [3.05, 3.63) is 71.1 Å². The van der Waals surface area contributed by atoms with Crippen LogP contribution in [-0.2, 0) is 0 Å². The van der Waals surface area contributed by atoms with Gasteiger partial charge in [-0.15, -0.1) is 0 Å². The minimum absolute atomic E-state index is 0.195. The molecule has 1 aromatic carbocycles. The fraction of sp³-hybridized carbons (Fsp3) is 0.118. The Morgan fingerprint density at radius 1 is 1.18 bits per heavy atom. The normalized spacial score (nSPS) is 12.1. The molecule has 3 aromatic rings. The maximum absolute atomic E-state index is 12.6. The number of aromatic nitrogens is 2. The number of hydrogen-bond acceptors (Lipinski definition) is 3. The van der Waals surface area contributed by atoms with Crippen molar-refractivity contribution >= 4 is 28.4 Å². The molecule has 1 N–H and O–H groups in total. The lowest BCUT2D eigenvalue weighted by Gasteiger charge is -2.14. The Morgan fingerprint density at radius 2 is 1.95 bits per heavy atom. The van der Waals surface area contributed by atoms with Crippen LogP contribution in [0.2, 0.25) is 5.15 Å². The van der Waals surface area contributed by atoms with E-state index in [1.165, 1.54) is 0 Å². The summed E-state index contributed by atoms with van der Waals surface area (Å²) in [6.45, 7) is 1.89. The summed E-state index contributed by atoms with van der Waals surface area (Å²) in [6, 6.07) is 14.4. The second-order valence-electron chi connectivity index (χ2n) is 4.96. The first-order valence-electron chi connectivity index (χ1n) is 6.92. The summed E-state index contributed by atoms with van der Waals surface area (Å²) in [6.07, 6.45) is 1.71. The fourth-order valence-corrected chi connectivity index (χ4v) is 2.51. The minimum Gasteiger partial charge on any atom is -0.344 e. The number of rotatable bonds is 3. The van der Waals surface area contributed by atoms with E-state index in [1.54, 1.807) is 12.3 Å². The smallest absolute Gasteiger partial charge is 0.252 e. The number of carbonyl (C=O) groups is 1. The Hall–Kier alpha value is -2.46. The van der Waals surface area contributed by atoms with Crippen LogP contribution in [0.3, 0.4) is 0 Å². The van der Waals surface area contributed by atoms with Crippen molar-refractivity contribution in [2.45, 2.75) is 13.0 Å². The Balaban J connectivity index is 1.93. The molecule has 2 aromatic heterocycles. The fourth-order valence-electron chi connectivity index (χ4n) is 2.31. The van der Waals surface area contributed by atoms with Crippen LogP contribution < -0.4 is 5.32 Å². The average Bonchev–Trinajstić information content (AvgIpc) is 2.54. The lowest BCUT2D eigenvalue weighted by molar-refractivity contribution is 0.0940. The molecule has 22 heavy (non-hydrogen) atoms. The van der Waals surface area contributed by atoms with E-state index >= 15 is 0 Å². The van der Waals surface area contributed by atoms with Gasteiger partial charge < -0.3 is 5.32 Å². The highest BCUT2D eigenvalue weighted by Gasteiger charge is 2.15. The Bertz CT molecular complexity index is 821. The van der Waals surface area contributed by atoms with Gasteiger partial charge in [-0.1, -0.05) is 35.9 Å². The van der Waals surface area contributed by atoms with Crippen LogP contribution in [0, 0.1) is 0 Å². The standard InChI is InChI=1S/C17H14ClN3O/c1-11(14-7-4-5-9-19-14)20-17(22)13-10-16(18)21-15-8-3-2-6-12(13)15/h2-11H,1H3,(H,20,22)/t11-/m0/s1. The van der Waals surface area contributed by atoms with E-state index < -0.39 is 0 Å². The van der Waals surface area contributed by atoms with Crippen molar-refractivity contribution < 1.29 is 4.79 Å². The molecule has 4 nitrogen and oxygen atoms in total. The summed E-state index contributed by atoms with van der Waals surface area (Å²) in [5.74, 6) is -0.196. The van der Waals surface area contributed by atoms with Crippen LogP contribution in [-0.4, -0.2) is 15.9 Å². The van der Waals surface area contributed by atoms with Gasteiger partial charge in [0.05, 0.1) is 22.8 Å². The largest absolute Gasteiger partial charge is 0.344 e. The molecule has 0 saturated heterocycles. The van der Waals surface area contributed by atoms with E-state index in [0.29, 0.717) is 16.2 Å². The molecule has 0 unspecified atom stereocenters. The van der Waals surface area contributed by atoms with Gasteiger partial charge in [-0.2, -0.15) is 0 Å². The van der Waals surface area contributed by atoms with Gasteiger partial charge in [-0.3, -0.25) is 9.78 Å². The number of benzene rings is 1. The van der Waals surface area contributed by atoms with Gasteiger partial charge in [0.2, 0.25) is 0 Å². The molecule has 1 amide bonds. The SMILES string of the molecule is C[C@H](NC(=O)c1cc(Cl)nc2ccccc12)c1ccccn1. The predicted octanol–water partition coefficient (Wildman–Crippen LogP) is 3.77. The van der Waals surface area contributed by atoms with Gasteiger partial charge >= 0.3 is 0 Å². The van der Waals surface area contributed by atoms with Gasteiger partial charge in [0.25, 0.3) is 5.91 Å². The minimum atomic E-state index is -0.196. The second kappa shape index (κ2) is 6.12. The summed E-state index contributed by atoms with van der Waals surface area (Å²) in [5, 5.41) is 4.02. The van der Waals surface area contributed by atoms with E-state index in [1.807, 2.05) is 49.4 Å². The van der Waals surface area contributed by atoms with Crippen molar-refractivity contribution in [1.29, 1.82) is 0 Å². The van der Waals surface area contributed by atoms with Crippen molar-refractivity contribution in [3.63, 3.8) is 0 Å². The molecule has 0 bridgehead atoms. The van der Waals surface area contributed by atoms with Gasteiger partial charge in [0.15, 0.2) is 0 Å². The van der Waals surface area contributed by atoms with Crippen molar-refractivity contribution in [3.8, 4) is 0 Å². The molecule has 0 fully saturated rings. The molecule has 2 heterocycles. The summed E-state index contributed by atoms with van der Waals surface area (Å²) in [4.78, 5) is 21.1. The van der Waals surface area contributed by atoms with E-state index in [-0.39, 0.29) is 11.9 Å². The number of halogens is 1. The van der Waals surface area contributed by atoms with Crippen LogP contribution in [0.25, 0.3) is 10.9 Å². The van der Waals surface area contributed by atoms with E-state index in [2.05, 4.69) is 15.3 Å². The summed E-state index contributed by atoms with van der Waals surface area (Å²) >= 11 is 6.02. The highest BCUT2D eigenvalue weighted by atomic mass is 35.5. The van der Waals surface area contributed by atoms with Crippen LogP contribution in [0.4, 0.5) is 0 Å². The Labute approximate surface area is 133 Å². The van der Waals surface area contributed by atoms with Crippen molar-refractivity contribution in [1.82, 2.24) is 15.3 Å². The third-order valence-electron chi connectivity index (χ3n) is 3.41. The molecule has 1 atom stereocenters. The highest BCUT2D eigenvalue weighted by molar-refractivity contribution is 6.30. The van der Waals surface area contributed by atoms with Gasteiger partial charge in [0, 0.05) is 11.6 Å². The van der Waals surface area contributed by atoms with Gasteiger partial charge in [-0.05, 0) is 31.2 Å². The van der Waals surface area contributed by atoms with Crippen LogP contribution in [0.5, 0.6) is 0 Å². The number of fused-ring (bicyclic) bond motifs is 1. The molecule has 0 aliphatic carbocycles. The average molecular weight is 312 g/mol. The Morgan fingerprint density at radius 3 is 2.73 bits per heavy atom. The Kier molecular flexibility index (Phi) is 4.02. The first kappa shape index (κ1) is 14.5.